The number of nitrogens with two attached hydrogens (primary N) is 2. The van der Waals surface area contributed by atoms with Gasteiger partial charge in [-0.3, -0.25) is 9.69 Å². The number of carbonyl (C=O) groups excluding carboxylic acids is 1. The van der Waals surface area contributed by atoms with Crippen LogP contribution in [0.5, 0.6) is 0 Å². The highest BCUT2D eigenvalue weighted by Crippen LogP contribution is 2.25. The molecule has 1 aromatic rings. The van der Waals surface area contributed by atoms with Gasteiger partial charge in [0.25, 0.3) is 5.91 Å². The van der Waals surface area contributed by atoms with Crippen molar-refractivity contribution >= 4 is 28.3 Å². The summed E-state index contributed by atoms with van der Waals surface area (Å²) in [6.07, 6.45) is 0.982. The molecule has 1 saturated heterocycles. The molecule has 19 heavy (non-hydrogen) atoms. The van der Waals surface area contributed by atoms with Crippen LogP contribution in [-0.4, -0.2) is 54.6 Å². The van der Waals surface area contributed by atoms with Gasteiger partial charge in [0.15, 0.2) is 5.82 Å². The first kappa shape index (κ1) is 14.0. The van der Waals surface area contributed by atoms with Crippen LogP contribution in [0.2, 0.25) is 0 Å². The number of nitrogens with zero attached hydrogens (tertiary/aromatic N) is 2. The summed E-state index contributed by atoms with van der Waals surface area (Å²) in [6, 6.07) is 0. The Kier molecular flexibility index (Phi) is 4.94. The van der Waals surface area contributed by atoms with Gasteiger partial charge in [-0.2, -0.15) is 4.37 Å². The van der Waals surface area contributed by atoms with Gasteiger partial charge in [-0.25, -0.2) is 0 Å². The summed E-state index contributed by atoms with van der Waals surface area (Å²) in [5.41, 5.74) is 11.2. The van der Waals surface area contributed by atoms with Crippen molar-refractivity contribution in [1.82, 2.24) is 9.27 Å². The molecule has 0 bridgehead atoms. The number of aromatic nitrogens is 1. The lowest BCUT2D eigenvalue weighted by Gasteiger charge is -2.26. The number of hydrogen-bond donors (Lipinski definition) is 3. The van der Waals surface area contributed by atoms with E-state index in [-0.39, 0.29) is 5.82 Å². The summed E-state index contributed by atoms with van der Waals surface area (Å²) in [7, 11) is 0. The van der Waals surface area contributed by atoms with Crippen molar-refractivity contribution < 1.29 is 9.53 Å². The molecule has 1 amide bonds. The van der Waals surface area contributed by atoms with Crippen molar-refractivity contribution in [3.8, 4) is 0 Å². The molecule has 7 nitrogen and oxygen atoms in total. The lowest BCUT2D eigenvalue weighted by atomic mass is 10.3. The largest absolute Gasteiger partial charge is 0.382 e. The molecule has 0 aromatic carbocycles. The maximum Gasteiger partial charge on any atom is 0.255 e. The van der Waals surface area contributed by atoms with Crippen molar-refractivity contribution in [3.05, 3.63) is 5.56 Å². The van der Waals surface area contributed by atoms with Crippen molar-refractivity contribution in [2.45, 2.75) is 6.42 Å². The molecule has 0 radical (unpaired) electrons. The van der Waals surface area contributed by atoms with Crippen molar-refractivity contribution in [3.63, 3.8) is 0 Å². The maximum absolute atomic E-state index is 11.2. The van der Waals surface area contributed by atoms with Crippen molar-refractivity contribution in [1.29, 1.82) is 0 Å². The Bertz CT molecular complexity index is 431. The molecule has 1 fully saturated rings. The summed E-state index contributed by atoms with van der Waals surface area (Å²) >= 11 is 1.17. The van der Waals surface area contributed by atoms with E-state index in [1.807, 2.05) is 0 Å². The van der Waals surface area contributed by atoms with Crippen LogP contribution in [-0.2, 0) is 4.74 Å². The number of nitrogens with one attached hydrogen (secondary N) is 1. The normalized spacial score (nSPS) is 16.4. The van der Waals surface area contributed by atoms with E-state index in [0.717, 1.165) is 45.8 Å². The highest BCUT2D eigenvalue weighted by molar-refractivity contribution is 7.11. The second kappa shape index (κ2) is 6.69. The van der Waals surface area contributed by atoms with Gasteiger partial charge in [-0.05, 0) is 24.5 Å². The highest BCUT2D eigenvalue weighted by atomic mass is 32.1. The molecule has 2 heterocycles. The lowest BCUT2D eigenvalue weighted by molar-refractivity contribution is 0.0378. The van der Waals surface area contributed by atoms with E-state index in [1.54, 1.807) is 0 Å². The Hall–Kier alpha value is -1.38. The van der Waals surface area contributed by atoms with Gasteiger partial charge >= 0.3 is 0 Å². The molecule has 8 heteroatoms. The van der Waals surface area contributed by atoms with Crippen LogP contribution in [0.1, 0.15) is 16.8 Å². The van der Waals surface area contributed by atoms with Gasteiger partial charge in [0.2, 0.25) is 0 Å². The molecule has 1 aliphatic heterocycles. The predicted molar refractivity (Wildman–Crippen MR) is 75.4 cm³/mol. The molecular formula is C11H19N5O2S. The average Bonchev–Trinajstić information content (AvgIpc) is 2.77. The van der Waals surface area contributed by atoms with Gasteiger partial charge in [0.1, 0.15) is 10.6 Å². The Morgan fingerprint density at radius 2 is 2.21 bits per heavy atom. The van der Waals surface area contributed by atoms with Crippen LogP contribution in [0.25, 0.3) is 0 Å². The molecule has 1 aromatic heterocycles. The van der Waals surface area contributed by atoms with Gasteiger partial charge in [0.05, 0.1) is 13.2 Å². The summed E-state index contributed by atoms with van der Waals surface area (Å²) in [5.74, 6) is -0.338. The number of hydrogen-bond acceptors (Lipinski definition) is 7. The number of primary amides is 1. The smallest absolute Gasteiger partial charge is 0.255 e. The summed E-state index contributed by atoms with van der Waals surface area (Å²) in [4.78, 5) is 13.6. The lowest BCUT2D eigenvalue weighted by Crippen LogP contribution is -2.37. The highest BCUT2D eigenvalue weighted by Gasteiger charge is 2.16. The molecule has 0 saturated carbocycles. The van der Waals surface area contributed by atoms with E-state index in [9.17, 15) is 4.79 Å². The van der Waals surface area contributed by atoms with Gasteiger partial charge < -0.3 is 21.5 Å². The number of amides is 1. The number of morpholine rings is 1. The predicted octanol–water partition coefficient (Wildman–Crippen LogP) is -0.0416. The second-order valence-electron chi connectivity index (χ2n) is 4.37. The van der Waals surface area contributed by atoms with E-state index >= 15 is 0 Å². The van der Waals surface area contributed by atoms with Crippen LogP contribution < -0.4 is 16.8 Å². The molecule has 0 unspecified atom stereocenters. The summed E-state index contributed by atoms with van der Waals surface area (Å²) in [5, 5.41) is 3.83. The van der Waals surface area contributed by atoms with Crippen molar-refractivity contribution in [2.24, 2.45) is 5.73 Å². The topological polar surface area (TPSA) is 106 Å². The minimum atomic E-state index is -0.540. The number of anilines is 2. The van der Waals surface area contributed by atoms with Gasteiger partial charge in [0, 0.05) is 19.6 Å². The molecule has 5 N–H and O–H groups in total. The molecule has 0 spiro atoms. The van der Waals surface area contributed by atoms with Crippen LogP contribution in [0.15, 0.2) is 0 Å². The minimum absolute atomic E-state index is 0.202. The van der Waals surface area contributed by atoms with E-state index in [0.29, 0.717) is 10.6 Å². The van der Waals surface area contributed by atoms with Crippen LogP contribution in [0.4, 0.5) is 10.8 Å². The third-order valence-corrected chi connectivity index (χ3v) is 3.82. The zero-order valence-corrected chi connectivity index (χ0v) is 11.5. The fourth-order valence-corrected chi connectivity index (χ4v) is 2.73. The fourth-order valence-electron chi connectivity index (χ4n) is 1.99. The van der Waals surface area contributed by atoms with E-state index in [4.69, 9.17) is 16.2 Å². The maximum atomic E-state index is 11.2. The van der Waals surface area contributed by atoms with E-state index in [2.05, 4.69) is 14.6 Å². The number of rotatable bonds is 6. The van der Waals surface area contributed by atoms with Crippen LogP contribution >= 0.6 is 11.5 Å². The van der Waals surface area contributed by atoms with Crippen molar-refractivity contribution in [2.75, 3.05) is 50.4 Å². The first-order valence-electron chi connectivity index (χ1n) is 6.27. The Morgan fingerprint density at radius 1 is 1.47 bits per heavy atom. The SMILES string of the molecule is NC(=O)c1c(N)nsc1NCCCN1CCOCC1. The zero-order valence-electron chi connectivity index (χ0n) is 10.7. The van der Waals surface area contributed by atoms with Crippen LogP contribution in [0, 0.1) is 0 Å². The molecule has 0 atom stereocenters. The first-order chi connectivity index (χ1) is 9.18. The zero-order chi connectivity index (χ0) is 13.7. The Labute approximate surface area is 116 Å². The van der Waals surface area contributed by atoms with Crippen LogP contribution in [0.3, 0.4) is 0 Å². The van der Waals surface area contributed by atoms with Gasteiger partial charge in [-0.1, -0.05) is 0 Å². The third-order valence-electron chi connectivity index (χ3n) is 3.01. The Morgan fingerprint density at radius 3 is 2.89 bits per heavy atom. The second-order valence-corrected chi connectivity index (χ2v) is 5.14. The molecule has 1 aliphatic rings. The molecular weight excluding hydrogens is 266 g/mol. The third kappa shape index (κ3) is 3.79. The molecule has 0 aliphatic carbocycles. The quantitative estimate of drug-likeness (QED) is 0.633. The van der Waals surface area contributed by atoms with E-state index < -0.39 is 5.91 Å². The first-order valence-corrected chi connectivity index (χ1v) is 7.04. The number of nitrogen functional groups attached to an aromatic ring is 1. The fraction of sp³-hybridized carbons (Fsp3) is 0.636. The monoisotopic (exact) mass is 285 g/mol. The standard InChI is InChI=1S/C11H19N5O2S/c12-9-8(10(13)17)11(19-15-9)14-2-1-3-16-4-6-18-7-5-16/h14H,1-7H2,(H2,12,15)(H2,13,17). The number of ether oxygens (including phenoxy) is 1. The number of carbonyl (C=O) groups is 1. The Balaban J connectivity index is 1.75. The molecule has 2 rings (SSSR count). The molecule has 106 valence electrons. The summed E-state index contributed by atoms with van der Waals surface area (Å²) < 4.78 is 9.23. The van der Waals surface area contributed by atoms with Gasteiger partial charge in [-0.15, -0.1) is 0 Å². The summed E-state index contributed by atoms with van der Waals surface area (Å²) in [6.45, 7) is 5.37. The average molecular weight is 285 g/mol. The minimum Gasteiger partial charge on any atom is -0.382 e. The van der Waals surface area contributed by atoms with E-state index in [1.165, 1.54) is 11.5 Å².